The molecule has 1 saturated carbocycles. The summed E-state index contributed by atoms with van der Waals surface area (Å²) in [6.07, 6.45) is 1.85. The lowest BCUT2D eigenvalue weighted by Crippen LogP contribution is -2.60. The molecule has 1 atom stereocenters. The summed E-state index contributed by atoms with van der Waals surface area (Å²) in [7, 11) is 1.59. The molecule has 0 aromatic heterocycles. The predicted octanol–water partition coefficient (Wildman–Crippen LogP) is 2.31. The smallest absolute Gasteiger partial charge is 0.327 e. The topological polar surface area (TPSA) is 67.8 Å². The number of carboxylic acid groups (broad SMARTS) is 1. The molecule has 116 valence electrons. The average molecular weight is 293 g/mol. The Bertz CT molecular complexity index is 499. The van der Waals surface area contributed by atoms with E-state index in [0.29, 0.717) is 11.5 Å². The van der Waals surface area contributed by atoms with Crippen molar-refractivity contribution in [3.63, 3.8) is 0 Å². The van der Waals surface area contributed by atoms with Gasteiger partial charge in [-0.15, -0.1) is 0 Å². The molecule has 5 heteroatoms. The molecular formula is C16H23NO4. The number of hydrogen-bond donors (Lipinski definition) is 2. The lowest BCUT2D eigenvalue weighted by molar-refractivity contribution is -0.148. The number of nitrogens with one attached hydrogen (secondary N) is 1. The normalized spacial score (nSPS) is 17.3. The minimum absolute atomic E-state index is 0.0793. The molecule has 1 unspecified atom stereocenters. The van der Waals surface area contributed by atoms with Gasteiger partial charge in [0.15, 0.2) is 5.54 Å². The van der Waals surface area contributed by atoms with Crippen LogP contribution in [0.3, 0.4) is 0 Å². The number of benzene rings is 1. The van der Waals surface area contributed by atoms with Crippen molar-refractivity contribution in [2.45, 2.75) is 38.3 Å². The average Bonchev–Trinajstić information content (AvgIpc) is 3.28. The number of rotatable bonds is 8. The van der Waals surface area contributed by atoms with Gasteiger partial charge in [0.1, 0.15) is 18.1 Å². The molecule has 2 N–H and O–H groups in total. The van der Waals surface area contributed by atoms with E-state index in [0.717, 1.165) is 12.8 Å². The highest BCUT2D eigenvalue weighted by molar-refractivity contribution is 5.80. The monoisotopic (exact) mass is 293 g/mol. The molecule has 1 aromatic rings. The summed E-state index contributed by atoms with van der Waals surface area (Å²) >= 11 is 0. The molecule has 0 amide bonds. The van der Waals surface area contributed by atoms with Crippen molar-refractivity contribution in [1.82, 2.24) is 5.32 Å². The van der Waals surface area contributed by atoms with Gasteiger partial charge in [-0.05, 0) is 44.7 Å². The number of carboxylic acids is 1. The zero-order valence-electron chi connectivity index (χ0n) is 12.8. The fraction of sp³-hybridized carbons (Fsp3) is 0.562. The lowest BCUT2D eigenvalue weighted by Gasteiger charge is -2.32. The minimum Gasteiger partial charge on any atom is -0.497 e. The van der Waals surface area contributed by atoms with Crippen LogP contribution in [0.25, 0.3) is 0 Å². The zero-order chi connectivity index (χ0) is 15.5. The summed E-state index contributed by atoms with van der Waals surface area (Å²) < 4.78 is 10.9. The van der Waals surface area contributed by atoms with E-state index in [1.54, 1.807) is 19.2 Å². The van der Waals surface area contributed by atoms with Gasteiger partial charge >= 0.3 is 5.97 Å². The van der Waals surface area contributed by atoms with E-state index >= 15 is 0 Å². The first-order valence-electron chi connectivity index (χ1n) is 7.26. The minimum atomic E-state index is -1.02. The molecule has 2 rings (SSSR count). The predicted molar refractivity (Wildman–Crippen MR) is 79.9 cm³/mol. The SMILES string of the molecule is COc1cccc(OCC(NC(C)C)(C(=O)O)C2CC2)c1. The van der Waals surface area contributed by atoms with Crippen molar-refractivity contribution in [2.75, 3.05) is 13.7 Å². The van der Waals surface area contributed by atoms with Crippen molar-refractivity contribution < 1.29 is 19.4 Å². The third-order valence-corrected chi connectivity index (χ3v) is 3.71. The van der Waals surface area contributed by atoms with Crippen LogP contribution in [0.15, 0.2) is 24.3 Å². The van der Waals surface area contributed by atoms with E-state index in [1.165, 1.54) is 0 Å². The van der Waals surface area contributed by atoms with Crippen LogP contribution in [0.4, 0.5) is 0 Å². The maximum absolute atomic E-state index is 11.8. The first-order valence-corrected chi connectivity index (χ1v) is 7.26. The van der Waals surface area contributed by atoms with Crippen LogP contribution in [-0.2, 0) is 4.79 Å². The highest BCUT2D eigenvalue weighted by atomic mass is 16.5. The summed E-state index contributed by atoms with van der Waals surface area (Å²) in [6.45, 7) is 4.01. The summed E-state index contributed by atoms with van der Waals surface area (Å²) in [5, 5.41) is 12.9. The van der Waals surface area contributed by atoms with Gasteiger partial charge in [0.2, 0.25) is 0 Å². The molecule has 0 heterocycles. The molecule has 1 aliphatic carbocycles. The van der Waals surface area contributed by atoms with E-state index in [-0.39, 0.29) is 18.6 Å². The van der Waals surface area contributed by atoms with Crippen LogP contribution in [-0.4, -0.2) is 36.4 Å². The van der Waals surface area contributed by atoms with Crippen molar-refractivity contribution >= 4 is 5.97 Å². The van der Waals surface area contributed by atoms with E-state index in [2.05, 4.69) is 5.32 Å². The van der Waals surface area contributed by atoms with Crippen LogP contribution in [0, 0.1) is 5.92 Å². The number of carbonyl (C=O) groups is 1. The molecule has 1 aromatic carbocycles. The van der Waals surface area contributed by atoms with Gasteiger partial charge in [-0.3, -0.25) is 10.1 Å². The molecule has 1 aliphatic rings. The van der Waals surface area contributed by atoms with Gasteiger partial charge in [0.05, 0.1) is 7.11 Å². The molecule has 5 nitrogen and oxygen atoms in total. The standard InChI is InChI=1S/C16H23NO4/c1-11(2)17-16(15(18)19,12-7-8-12)10-21-14-6-4-5-13(9-14)20-3/h4-6,9,11-12,17H,7-8,10H2,1-3H3,(H,18,19). The van der Waals surface area contributed by atoms with Crippen molar-refractivity contribution in [3.8, 4) is 11.5 Å². The first kappa shape index (κ1) is 15.6. The van der Waals surface area contributed by atoms with Crippen molar-refractivity contribution in [3.05, 3.63) is 24.3 Å². The Hall–Kier alpha value is -1.75. The van der Waals surface area contributed by atoms with Crippen LogP contribution in [0.1, 0.15) is 26.7 Å². The molecule has 0 spiro atoms. The van der Waals surface area contributed by atoms with Crippen LogP contribution >= 0.6 is 0 Å². The van der Waals surface area contributed by atoms with Gasteiger partial charge < -0.3 is 14.6 Å². The summed E-state index contributed by atoms with van der Waals surface area (Å²) in [4.78, 5) is 11.8. The van der Waals surface area contributed by atoms with E-state index in [9.17, 15) is 9.90 Å². The van der Waals surface area contributed by atoms with Gasteiger partial charge in [-0.1, -0.05) is 6.07 Å². The number of methoxy groups -OCH3 is 1. The fourth-order valence-corrected chi connectivity index (χ4v) is 2.55. The van der Waals surface area contributed by atoms with Gasteiger partial charge in [0.25, 0.3) is 0 Å². The molecule has 0 saturated heterocycles. The molecule has 1 fully saturated rings. The summed E-state index contributed by atoms with van der Waals surface area (Å²) in [6, 6.07) is 7.29. The van der Waals surface area contributed by atoms with E-state index < -0.39 is 11.5 Å². The Labute approximate surface area is 125 Å². The Morgan fingerprint density at radius 1 is 1.43 bits per heavy atom. The first-order chi connectivity index (χ1) is 9.98. The van der Waals surface area contributed by atoms with E-state index in [1.807, 2.05) is 26.0 Å². The van der Waals surface area contributed by atoms with Gasteiger partial charge in [-0.2, -0.15) is 0 Å². The van der Waals surface area contributed by atoms with Crippen molar-refractivity contribution in [2.24, 2.45) is 5.92 Å². The number of aliphatic carboxylic acids is 1. The second-order valence-corrected chi connectivity index (χ2v) is 5.82. The van der Waals surface area contributed by atoms with Crippen molar-refractivity contribution in [1.29, 1.82) is 0 Å². The molecule has 0 bridgehead atoms. The van der Waals surface area contributed by atoms with Gasteiger partial charge in [-0.25, -0.2) is 0 Å². The number of hydrogen-bond acceptors (Lipinski definition) is 4. The summed E-state index contributed by atoms with van der Waals surface area (Å²) in [5.41, 5.74) is -1.02. The summed E-state index contributed by atoms with van der Waals surface area (Å²) in [5.74, 6) is 0.590. The number of ether oxygens (including phenoxy) is 2. The zero-order valence-corrected chi connectivity index (χ0v) is 12.8. The Morgan fingerprint density at radius 2 is 2.10 bits per heavy atom. The quantitative estimate of drug-likeness (QED) is 0.770. The van der Waals surface area contributed by atoms with Crippen LogP contribution < -0.4 is 14.8 Å². The molecule has 0 radical (unpaired) electrons. The van der Waals surface area contributed by atoms with Crippen LogP contribution in [0.2, 0.25) is 0 Å². The third kappa shape index (κ3) is 3.67. The Morgan fingerprint density at radius 3 is 2.62 bits per heavy atom. The second-order valence-electron chi connectivity index (χ2n) is 5.82. The Balaban J connectivity index is 2.13. The Kier molecular flexibility index (Phi) is 4.73. The third-order valence-electron chi connectivity index (χ3n) is 3.71. The van der Waals surface area contributed by atoms with Crippen LogP contribution in [0.5, 0.6) is 11.5 Å². The second kappa shape index (κ2) is 6.35. The van der Waals surface area contributed by atoms with Gasteiger partial charge in [0, 0.05) is 12.1 Å². The molecular weight excluding hydrogens is 270 g/mol. The van der Waals surface area contributed by atoms with E-state index in [4.69, 9.17) is 9.47 Å². The maximum atomic E-state index is 11.8. The molecule has 0 aliphatic heterocycles. The highest BCUT2D eigenvalue weighted by Gasteiger charge is 2.52. The fourth-order valence-electron chi connectivity index (χ4n) is 2.55. The molecule has 21 heavy (non-hydrogen) atoms. The highest BCUT2D eigenvalue weighted by Crippen LogP contribution is 2.40. The maximum Gasteiger partial charge on any atom is 0.327 e. The largest absolute Gasteiger partial charge is 0.497 e. The lowest BCUT2D eigenvalue weighted by atomic mass is 9.93.